The minimum Gasteiger partial charge on any atom is -0.402 e. The lowest BCUT2D eigenvalue weighted by Gasteiger charge is -2.30. The van der Waals surface area contributed by atoms with Crippen LogP contribution in [-0.2, 0) is 0 Å². The van der Waals surface area contributed by atoms with Gasteiger partial charge in [0.05, 0.1) is 6.54 Å². The first-order valence-corrected chi connectivity index (χ1v) is 6.72. The summed E-state index contributed by atoms with van der Waals surface area (Å²) in [7, 11) is 0. The molecule has 2 rings (SSSR count). The van der Waals surface area contributed by atoms with Gasteiger partial charge < -0.3 is 27.2 Å². The quantitative estimate of drug-likeness (QED) is 0.456. The van der Waals surface area contributed by atoms with E-state index in [9.17, 15) is 4.79 Å². The summed E-state index contributed by atoms with van der Waals surface area (Å²) < 4.78 is 0. The molecule has 1 heterocycles. The van der Waals surface area contributed by atoms with E-state index in [4.69, 9.17) is 22.3 Å². The van der Waals surface area contributed by atoms with Gasteiger partial charge in [-0.15, -0.1) is 0 Å². The largest absolute Gasteiger partial charge is 0.402 e. The molecule has 6 N–H and O–H groups in total. The van der Waals surface area contributed by atoms with Gasteiger partial charge in [-0.25, -0.2) is 4.79 Å². The van der Waals surface area contributed by atoms with Crippen LogP contribution in [0.25, 0.3) is 0 Å². The molecule has 2 aliphatic rings. The maximum absolute atomic E-state index is 11.3. The Morgan fingerprint density at radius 2 is 2.25 bits per heavy atom. The van der Waals surface area contributed by atoms with Gasteiger partial charge in [0.1, 0.15) is 0 Å². The van der Waals surface area contributed by atoms with Gasteiger partial charge >= 0.3 is 6.03 Å². The van der Waals surface area contributed by atoms with Crippen molar-refractivity contribution in [2.24, 2.45) is 22.8 Å². The summed E-state index contributed by atoms with van der Waals surface area (Å²) in [5, 5.41) is 15.9. The lowest BCUT2D eigenvalue weighted by molar-refractivity contribution is 0.210. The number of nitrogens with one attached hydrogen (secondary N) is 2. The standard InChI is InChI=1S/C14H21N5O/c1-2-4-14(6-9(14)7-15)12(17)10-8-19(13(18)20)5-3-11(10)16/h2,4,7,9,15,17H,3,5-6,8,16H2,1H3,(H2,18,20)/b4-2-,15-7?,17-12?. The molecule has 1 saturated carbocycles. The molecule has 0 saturated heterocycles. The average molecular weight is 275 g/mol. The third-order valence-electron chi connectivity index (χ3n) is 4.19. The fraction of sp³-hybridized carbons (Fsp3) is 0.500. The Morgan fingerprint density at radius 3 is 2.75 bits per heavy atom. The maximum atomic E-state index is 11.3. The van der Waals surface area contributed by atoms with E-state index in [1.165, 1.54) is 11.1 Å². The van der Waals surface area contributed by atoms with Gasteiger partial charge in [-0.05, 0) is 19.6 Å². The van der Waals surface area contributed by atoms with Crippen molar-refractivity contribution in [2.45, 2.75) is 19.8 Å². The summed E-state index contributed by atoms with van der Waals surface area (Å²) in [6.45, 7) is 2.70. The number of amides is 2. The summed E-state index contributed by atoms with van der Waals surface area (Å²) in [5.74, 6) is 0.0513. The fourth-order valence-electron chi connectivity index (χ4n) is 2.86. The summed E-state index contributed by atoms with van der Waals surface area (Å²) in [5.41, 5.74) is 12.7. The first kappa shape index (κ1) is 14.3. The molecule has 0 aromatic heterocycles. The zero-order valence-corrected chi connectivity index (χ0v) is 11.6. The second kappa shape index (κ2) is 5.11. The predicted molar refractivity (Wildman–Crippen MR) is 78.9 cm³/mol. The Bertz CT molecular complexity index is 522. The SMILES string of the molecule is C/C=C\C1(C(=N)C2=C(N)CCN(C(N)=O)C2)CC1C=N. The van der Waals surface area contributed by atoms with E-state index in [0.717, 1.165) is 6.42 Å². The summed E-state index contributed by atoms with van der Waals surface area (Å²) in [6, 6.07) is -0.484. The highest BCUT2D eigenvalue weighted by Gasteiger charge is 2.55. The third kappa shape index (κ3) is 2.21. The van der Waals surface area contributed by atoms with Gasteiger partial charge in [0.15, 0.2) is 0 Å². The summed E-state index contributed by atoms with van der Waals surface area (Å²) in [6.07, 6.45) is 6.56. The van der Waals surface area contributed by atoms with Gasteiger partial charge in [0, 0.05) is 41.3 Å². The lowest BCUT2D eigenvalue weighted by Crippen LogP contribution is -2.43. The number of hydrogen-bond acceptors (Lipinski definition) is 4. The van der Waals surface area contributed by atoms with Crippen LogP contribution in [0.15, 0.2) is 23.4 Å². The van der Waals surface area contributed by atoms with Gasteiger partial charge in [-0.3, -0.25) is 0 Å². The topological polar surface area (TPSA) is 120 Å². The normalized spacial score (nSPS) is 29.6. The van der Waals surface area contributed by atoms with Crippen LogP contribution < -0.4 is 11.5 Å². The summed E-state index contributed by atoms with van der Waals surface area (Å²) in [4.78, 5) is 12.8. The van der Waals surface area contributed by atoms with Crippen LogP contribution in [0.2, 0.25) is 0 Å². The fourth-order valence-corrected chi connectivity index (χ4v) is 2.86. The van der Waals surface area contributed by atoms with Crippen LogP contribution in [0.5, 0.6) is 0 Å². The Labute approximate surface area is 118 Å². The molecule has 0 aromatic rings. The van der Waals surface area contributed by atoms with E-state index < -0.39 is 11.4 Å². The predicted octanol–water partition coefficient (Wildman–Crippen LogP) is 1.24. The van der Waals surface area contributed by atoms with Crippen molar-refractivity contribution in [3.8, 4) is 0 Å². The number of urea groups is 1. The van der Waals surface area contributed by atoms with Gasteiger partial charge in [-0.1, -0.05) is 12.2 Å². The molecule has 2 atom stereocenters. The molecule has 20 heavy (non-hydrogen) atoms. The van der Waals surface area contributed by atoms with E-state index in [1.54, 1.807) is 0 Å². The third-order valence-corrected chi connectivity index (χ3v) is 4.19. The van der Waals surface area contributed by atoms with Gasteiger partial charge in [0.25, 0.3) is 0 Å². The van der Waals surface area contributed by atoms with Gasteiger partial charge in [-0.2, -0.15) is 0 Å². The molecular formula is C14H21N5O. The molecule has 0 spiro atoms. The Morgan fingerprint density at radius 1 is 1.55 bits per heavy atom. The number of hydrogen-bond donors (Lipinski definition) is 4. The first-order valence-electron chi connectivity index (χ1n) is 6.72. The molecule has 2 amide bonds. The molecule has 6 heteroatoms. The highest BCUT2D eigenvalue weighted by Crippen LogP contribution is 2.55. The van der Waals surface area contributed by atoms with E-state index in [1.807, 2.05) is 19.1 Å². The van der Waals surface area contributed by atoms with Crippen molar-refractivity contribution in [3.05, 3.63) is 23.4 Å². The molecule has 0 radical (unpaired) electrons. The number of carbonyl (C=O) groups excluding carboxylic acids is 1. The average Bonchev–Trinajstić information content (AvgIpc) is 3.13. The van der Waals surface area contributed by atoms with Crippen LogP contribution in [-0.4, -0.2) is 35.9 Å². The Kier molecular flexibility index (Phi) is 3.65. The number of carbonyl (C=O) groups is 1. The zero-order valence-electron chi connectivity index (χ0n) is 11.6. The number of rotatable bonds is 4. The molecule has 0 bridgehead atoms. The number of nitrogens with zero attached hydrogens (tertiary/aromatic N) is 1. The van der Waals surface area contributed by atoms with Crippen LogP contribution in [0.3, 0.4) is 0 Å². The molecule has 1 aliphatic carbocycles. The first-order chi connectivity index (χ1) is 9.46. The molecule has 1 fully saturated rings. The minimum absolute atomic E-state index is 0.0513. The second-order valence-electron chi connectivity index (χ2n) is 5.41. The summed E-state index contributed by atoms with van der Waals surface area (Å²) >= 11 is 0. The Hall–Kier alpha value is -2.11. The number of allylic oxidation sites excluding steroid dienone is 2. The number of primary amides is 1. The van der Waals surface area contributed by atoms with Crippen LogP contribution in [0, 0.1) is 22.2 Å². The highest BCUT2D eigenvalue weighted by molar-refractivity contribution is 6.08. The monoisotopic (exact) mass is 275 g/mol. The molecule has 2 unspecified atom stereocenters. The maximum Gasteiger partial charge on any atom is 0.315 e. The molecule has 6 nitrogen and oxygen atoms in total. The highest BCUT2D eigenvalue weighted by atomic mass is 16.2. The molecular weight excluding hydrogens is 254 g/mol. The smallest absolute Gasteiger partial charge is 0.315 e. The van der Waals surface area contributed by atoms with Crippen molar-refractivity contribution in [1.29, 1.82) is 10.8 Å². The van der Waals surface area contributed by atoms with Crippen molar-refractivity contribution < 1.29 is 4.79 Å². The molecule has 0 aromatic carbocycles. The Balaban J connectivity index is 2.28. The lowest BCUT2D eigenvalue weighted by atomic mass is 9.87. The van der Waals surface area contributed by atoms with E-state index in [-0.39, 0.29) is 5.92 Å². The van der Waals surface area contributed by atoms with Crippen LogP contribution >= 0.6 is 0 Å². The van der Waals surface area contributed by atoms with E-state index in [0.29, 0.717) is 36.5 Å². The zero-order chi connectivity index (χ0) is 14.9. The van der Waals surface area contributed by atoms with Crippen molar-refractivity contribution in [1.82, 2.24) is 4.90 Å². The van der Waals surface area contributed by atoms with E-state index >= 15 is 0 Å². The van der Waals surface area contributed by atoms with Crippen LogP contribution in [0.4, 0.5) is 4.79 Å². The van der Waals surface area contributed by atoms with Crippen molar-refractivity contribution >= 4 is 18.0 Å². The minimum atomic E-state index is -0.484. The van der Waals surface area contributed by atoms with Crippen molar-refractivity contribution in [3.63, 3.8) is 0 Å². The van der Waals surface area contributed by atoms with Crippen molar-refractivity contribution in [2.75, 3.05) is 13.1 Å². The van der Waals surface area contributed by atoms with Gasteiger partial charge in [0.2, 0.25) is 0 Å². The second-order valence-corrected chi connectivity index (χ2v) is 5.41. The van der Waals surface area contributed by atoms with E-state index in [2.05, 4.69) is 0 Å². The molecule has 108 valence electrons. The van der Waals surface area contributed by atoms with Crippen LogP contribution in [0.1, 0.15) is 19.8 Å². The number of nitrogens with two attached hydrogens (primary N) is 2. The molecule has 1 aliphatic heterocycles.